The van der Waals surface area contributed by atoms with Crippen LogP contribution in [0, 0.1) is 0 Å². The van der Waals surface area contributed by atoms with Gasteiger partial charge in [-0.05, 0) is 48.4 Å². The number of benzene rings is 2. The Hall–Kier alpha value is -3.07. The first kappa shape index (κ1) is 19.3. The molecule has 4 N–H and O–H groups in total. The molecule has 26 heavy (non-hydrogen) atoms. The van der Waals surface area contributed by atoms with Gasteiger partial charge in [-0.3, -0.25) is 10.0 Å². The lowest BCUT2D eigenvalue weighted by Crippen LogP contribution is -2.30. The number of carbonyl (C=O) groups excluding carboxylic acids is 2. The van der Waals surface area contributed by atoms with Crippen molar-refractivity contribution in [3.8, 4) is 0 Å². The van der Waals surface area contributed by atoms with Crippen LogP contribution in [0.15, 0.2) is 48.5 Å². The number of urea groups is 1. The van der Waals surface area contributed by atoms with E-state index in [1.54, 1.807) is 12.1 Å². The smallest absolute Gasteiger partial charge is 0.338 e. The summed E-state index contributed by atoms with van der Waals surface area (Å²) in [6.07, 6.45) is -3.93. The Morgan fingerprint density at radius 2 is 1.58 bits per heavy atom. The third-order valence-electron chi connectivity index (χ3n) is 3.49. The summed E-state index contributed by atoms with van der Waals surface area (Å²) in [7, 11) is 0. The van der Waals surface area contributed by atoms with E-state index in [0.717, 1.165) is 17.7 Å². The summed E-state index contributed by atoms with van der Waals surface area (Å²) < 4.78 is 37.4. The first-order valence-corrected chi connectivity index (χ1v) is 7.55. The van der Waals surface area contributed by atoms with E-state index in [2.05, 4.69) is 10.6 Å². The summed E-state index contributed by atoms with van der Waals surface area (Å²) in [5, 5.41) is 13.5. The molecule has 3 amide bonds. The lowest BCUT2D eigenvalue weighted by Gasteiger charge is -2.10. The normalized spacial score (nSPS) is 10.9. The SMILES string of the molecule is O=C(NCCc1ccc(C(=O)NO)cc1)Nc1ccc(C(F)(F)F)cc1. The van der Waals surface area contributed by atoms with E-state index in [-0.39, 0.29) is 12.2 Å². The fourth-order valence-corrected chi connectivity index (χ4v) is 2.13. The van der Waals surface area contributed by atoms with Crippen molar-refractivity contribution in [2.24, 2.45) is 0 Å². The maximum absolute atomic E-state index is 12.5. The Kier molecular flexibility index (Phi) is 6.18. The molecule has 0 saturated carbocycles. The second-order valence-corrected chi connectivity index (χ2v) is 5.34. The first-order valence-electron chi connectivity index (χ1n) is 7.55. The monoisotopic (exact) mass is 367 g/mol. The Morgan fingerprint density at radius 3 is 2.12 bits per heavy atom. The van der Waals surface area contributed by atoms with E-state index < -0.39 is 23.7 Å². The number of hydrogen-bond donors (Lipinski definition) is 4. The Morgan fingerprint density at radius 1 is 0.962 bits per heavy atom. The Labute approximate surface area is 147 Å². The van der Waals surface area contributed by atoms with Gasteiger partial charge >= 0.3 is 12.2 Å². The molecule has 6 nitrogen and oxygen atoms in total. The highest BCUT2D eigenvalue weighted by Crippen LogP contribution is 2.29. The molecule has 0 aromatic heterocycles. The molecule has 2 aromatic rings. The fraction of sp³-hybridized carbons (Fsp3) is 0.176. The van der Waals surface area contributed by atoms with Crippen LogP contribution in [0.1, 0.15) is 21.5 Å². The average molecular weight is 367 g/mol. The third kappa shape index (κ3) is 5.49. The van der Waals surface area contributed by atoms with Gasteiger partial charge in [0.2, 0.25) is 0 Å². The predicted octanol–water partition coefficient (Wildman–Crippen LogP) is 3.19. The second kappa shape index (κ2) is 8.34. The number of alkyl halides is 3. The Balaban J connectivity index is 1.79. The molecule has 0 aliphatic carbocycles. The standard InChI is InChI=1S/C17H16F3N3O3/c18-17(19,20)13-5-7-14(8-6-13)22-16(25)21-10-9-11-1-3-12(4-2-11)15(24)23-26/h1-8,26H,9-10H2,(H,23,24)(H2,21,22,25). The van der Waals surface area contributed by atoms with Crippen LogP contribution in [0.5, 0.6) is 0 Å². The number of nitrogens with one attached hydrogen (secondary N) is 3. The van der Waals surface area contributed by atoms with Gasteiger partial charge < -0.3 is 10.6 Å². The van der Waals surface area contributed by atoms with E-state index in [4.69, 9.17) is 5.21 Å². The predicted molar refractivity (Wildman–Crippen MR) is 87.9 cm³/mol. The van der Waals surface area contributed by atoms with E-state index in [0.29, 0.717) is 12.0 Å². The lowest BCUT2D eigenvalue weighted by atomic mass is 10.1. The summed E-state index contributed by atoms with van der Waals surface area (Å²) >= 11 is 0. The van der Waals surface area contributed by atoms with E-state index in [1.807, 2.05) is 0 Å². The zero-order valence-electron chi connectivity index (χ0n) is 13.4. The largest absolute Gasteiger partial charge is 0.416 e. The van der Waals surface area contributed by atoms with Gasteiger partial charge in [0, 0.05) is 17.8 Å². The minimum absolute atomic E-state index is 0.245. The molecule has 0 unspecified atom stereocenters. The van der Waals surface area contributed by atoms with Crippen LogP contribution in [0.4, 0.5) is 23.7 Å². The van der Waals surface area contributed by atoms with Gasteiger partial charge in [0.1, 0.15) is 0 Å². The molecule has 0 aliphatic rings. The van der Waals surface area contributed by atoms with Crippen LogP contribution in [0.3, 0.4) is 0 Å². The second-order valence-electron chi connectivity index (χ2n) is 5.34. The van der Waals surface area contributed by atoms with Crippen molar-refractivity contribution < 1.29 is 28.0 Å². The Bertz CT molecular complexity index is 760. The molecule has 2 aromatic carbocycles. The molecule has 0 fully saturated rings. The van der Waals surface area contributed by atoms with Crippen LogP contribution in [-0.4, -0.2) is 23.7 Å². The molecule has 0 spiro atoms. The van der Waals surface area contributed by atoms with Gasteiger partial charge in [0.25, 0.3) is 5.91 Å². The highest BCUT2D eigenvalue weighted by molar-refractivity contribution is 5.93. The van der Waals surface area contributed by atoms with Gasteiger partial charge in [-0.1, -0.05) is 12.1 Å². The number of hydroxylamine groups is 1. The summed E-state index contributed by atoms with van der Waals surface area (Å²) in [6.45, 7) is 0.290. The first-order chi connectivity index (χ1) is 12.3. The molecular weight excluding hydrogens is 351 g/mol. The molecule has 138 valence electrons. The molecule has 0 aliphatic heterocycles. The van der Waals surface area contributed by atoms with E-state index >= 15 is 0 Å². The van der Waals surface area contributed by atoms with Crippen LogP contribution < -0.4 is 16.1 Å². The average Bonchev–Trinajstić information content (AvgIpc) is 2.61. The number of halogens is 3. The zero-order chi connectivity index (χ0) is 19.2. The van der Waals surface area contributed by atoms with Crippen LogP contribution in [-0.2, 0) is 12.6 Å². The number of hydrogen-bond acceptors (Lipinski definition) is 3. The lowest BCUT2D eigenvalue weighted by molar-refractivity contribution is -0.137. The van der Waals surface area contributed by atoms with Gasteiger partial charge in [0.15, 0.2) is 0 Å². The minimum Gasteiger partial charge on any atom is -0.338 e. The number of rotatable bonds is 5. The molecule has 0 saturated heterocycles. The fourth-order valence-electron chi connectivity index (χ4n) is 2.13. The summed E-state index contributed by atoms with van der Waals surface area (Å²) in [5.74, 6) is -0.620. The van der Waals surface area contributed by atoms with Crippen LogP contribution in [0.25, 0.3) is 0 Å². The molecular formula is C17H16F3N3O3. The minimum atomic E-state index is -4.42. The van der Waals surface area contributed by atoms with Gasteiger partial charge in [-0.25, -0.2) is 10.3 Å². The molecule has 9 heteroatoms. The van der Waals surface area contributed by atoms with E-state index in [9.17, 15) is 22.8 Å². The number of carbonyl (C=O) groups is 2. The van der Waals surface area contributed by atoms with Crippen molar-refractivity contribution >= 4 is 17.6 Å². The topological polar surface area (TPSA) is 90.5 Å². The quantitative estimate of drug-likeness (QED) is 0.483. The van der Waals surface area contributed by atoms with Crippen molar-refractivity contribution in [1.29, 1.82) is 0 Å². The van der Waals surface area contributed by atoms with Gasteiger partial charge in [0.05, 0.1) is 5.56 Å². The van der Waals surface area contributed by atoms with Crippen molar-refractivity contribution in [1.82, 2.24) is 10.8 Å². The summed E-state index contributed by atoms with van der Waals surface area (Å²) in [6, 6.07) is 10.0. The molecule has 2 rings (SSSR count). The maximum Gasteiger partial charge on any atom is 0.416 e. The highest BCUT2D eigenvalue weighted by Gasteiger charge is 2.29. The highest BCUT2D eigenvalue weighted by atomic mass is 19.4. The van der Waals surface area contributed by atoms with Gasteiger partial charge in [-0.2, -0.15) is 13.2 Å². The molecule has 0 atom stereocenters. The van der Waals surface area contributed by atoms with Crippen LogP contribution >= 0.6 is 0 Å². The third-order valence-corrected chi connectivity index (χ3v) is 3.49. The van der Waals surface area contributed by atoms with Crippen molar-refractivity contribution in [2.75, 3.05) is 11.9 Å². The van der Waals surface area contributed by atoms with Crippen molar-refractivity contribution in [3.05, 3.63) is 65.2 Å². The summed E-state index contributed by atoms with van der Waals surface area (Å²) in [4.78, 5) is 22.9. The van der Waals surface area contributed by atoms with Crippen molar-refractivity contribution in [2.45, 2.75) is 12.6 Å². The van der Waals surface area contributed by atoms with E-state index in [1.165, 1.54) is 29.7 Å². The van der Waals surface area contributed by atoms with Gasteiger partial charge in [-0.15, -0.1) is 0 Å². The molecule has 0 heterocycles. The molecule has 0 bridgehead atoms. The van der Waals surface area contributed by atoms with Crippen molar-refractivity contribution in [3.63, 3.8) is 0 Å². The number of amides is 3. The number of anilines is 1. The summed E-state index contributed by atoms with van der Waals surface area (Å²) in [5.41, 5.74) is 2.13. The van der Waals surface area contributed by atoms with Crippen LogP contribution in [0.2, 0.25) is 0 Å². The molecule has 0 radical (unpaired) electrons. The maximum atomic E-state index is 12.5. The zero-order valence-corrected chi connectivity index (χ0v) is 13.4.